The number of carbonyl (C=O) groups excluding carboxylic acids is 1. The standard InChI is InChI=1S/C13H21N3O/c1-10(2)15-13(17)9-16(3)12-6-4-5-11(7-12)8-14/h4-7,10H,8-9,14H2,1-3H3,(H,15,17). The van der Waals surface area contributed by atoms with Gasteiger partial charge in [-0.15, -0.1) is 0 Å². The number of likely N-dealkylation sites (N-methyl/N-ethyl adjacent to an activating group) is 1. The Hall–Kier alpha value is -1.55. The average Bonchev–Trinajstić information content (AvgIpc) is 2.27. The van der Waals surface area contributed by atoms with Crippen molar-refractivity contribution in [3.05, 3.63) is 29.8 Å². The lowest BCUT2D eigenvalue weighted by atomic mass is 10.2. The summed E-state index contributed by atoms with van der Waals surface area (Å²) in [6.45, 7) is 4.77. The number of benzene rings is 1. The fourth-order valence-corrected chi connectivity index (χ4v) is 1.60. The van der Waals surface area contributed by atoms with Crippen LogP contribution in [0.25, 0.3) is 0 Å². The van der Waals surface area contributed by atoms with Crippen LogP contribution in [0.15, 0.2) is 24.3 Å². The molecule has 0 aliphatic rings. The Kier molecular flexibility index (Phi) is 4.97. The Morgan fingerprint density at radius 2 is 2.18 bits per heavy atom. The predicted molar refractivity (Wildman–Crippen MR) is 70.9 cm³/mol. The molecule has 1 amide bonds. The molecule has 0 fully saturated rings. The zero-order valence-corrected chi connectivity index (χ0v) is 10.7. The van der Waals surface area contributed by atoms with Crippen LogP contribution < -0.4 is 16.0 Å². The number of anilines is 1. The Morgan fingerprint density at radius 3 is 2.76 bits per heavy atom. The molecule has 0 aliphatic carbocycles. The molecule has 1 rings (SSSR count). The van der Waals surface area contributed by atoms with Crippen LogP contribution in [0.2, 0.25) is 0 Å². The molecule has 0 atom stereocenters. The molecular weight excluding hydrogens is 214 g/mol. The van der Waals surface area contributed by atoms with Gasteiger partial charge in [0.1, 0.15) is 0 Å². The smallest absolute Gasteiger partial charge is 0.239 e. The van der Waals surface area contributed by atoms with Gasteiger partial charge in [0.2, 0.25) is 5.91 Å². The first-order chi connectivity index (χ1) is 8.02. The van der Waals surface area contributed by atoms with Gasteiger partial charge in [-0.3, -0.25) is 4.79 Å². The van der Waals surface area contributed by atoms with Gasteiger partial charge in [-0.1, -0.05) is 12.1 Å². The quantitative estimate of drug-likeness (QED) is 0.803. The van der Waals surface area contributed by atoms with Gasteiger partial charge >= 0.3 is 0 Å². The van der Waals surface area contributed by atoms with E-state index in [9.17, 15) is 4.79 Å². The maximum absolute atomic E-state index is 11.6. The zero-order chi connectivity index (χ0) is 12.8. The first-order valence-electron chi connectivity index (χ1n) is 5.82. The maximum Gasteiger partial charge on any atom is 0.239 e. The first-order valence-corrected chi connectivity index (χ1v) is 5.82. The van der Waals surface area contributed by atoms with E-state index in [-0.39, 0.29) is 11.9 Å². The molecule has 0 aromatic heterocycles. The van der Waals surface area contributed by atoms with Crippen molar-refractivity contribution in [1.82, 2.24) is 5.32 Å². The minimum Gasteiger partial charge on any atom is -0.365 e. The summed E-state index contributed by atoms with van der Waals surface area (Å²) < 4.78 is 0. The minimum atomic E-state index is 0.0284. The summed E-state index contributed by atoms with van der Waals surface area (Å²) in [6.07, 6.45) is 0. The lowest BCUT2D eigenvalue weighted by Crippen LogP contribution is -2.38. The van der Waals surface area contributed by atoms with E-state index >= 15 is 0 Å². The third-order valence-electron chi connectivity index (χ3n) is 2.42. The van der Waals surface area contributed by atoms with Crippen LogP contribution in [0.5, 0.6) is 0 Å². The van der Waals surface area contributed by atoms with E-state index in [0.717, 1.165) is 11.3 Å². The Bertz CT molecular complexity index is 377. The van der Waals surface area contributed by atoms with Crippen molar-refractivity contribution in [1.29, 1.82) is 0 Å². The lowest BCUT2D eigenvalue weighted by Gasteiger charge is -2.20. The third kappa shape index (κ3) is 4.44. The molecule has 0 aliphatic heterocycles. The fourth-order valence-electron chi connectivity index (χ4n) is 1.60. The Balaban J connectivity index is 2.62. The Morgan fingerprint density at radius 1 is 1.47 bits per heavy atom. The molecule has 94 valence electrons. The minimum absolute atomic E-state index is 0.0284. The molecule has 0 bridgehead atoms. The summed E-state index contributed by atoms with van der Waals surface area (Å²) >= 11 is 0. The number of hydrogen-bond acceptors (Lipinski definition) is 3. The fraction of sp³-hybridized carbons (Fsp3) is 0.462. The summed E-state index contributed by atoms with van der Waals surface area (Å²) in [5.41, 5.74) is 7.66. The van der Waals surface area contributed by atoms with Crippen LogP contribution in [0, 0.1) is 0 Å². The second-order valence-electron chi connectivity index (χ2n) is 4.45. The van der Waals surface area contributed by atoms with Crippen molar-refractivity contribution in [3.63, 3.8) is 0 Å². The van der Waals surface area contributed by atoms with Gasteiger partial charge in [0, 0.05) is 25.3 Å². The zero-order valence-electron chi connectivity index (χ0n) is 10.7. The molecular formula is C13H21N3O. The number of nitrogens with zero attached hydrogens (tertiary/aromatic N) is 1. The highest BCUT2D eigenvalue weighted by atomic mass is 16.2. The highest BCUT2D eigenvalue weighted by molar-refractivity contribution is 5.81. The number of rotatable bonds is 5. The van der Waals surface area contributed by atoms with E-state index in [0.29, 0.717) is 13.1 Å². The van der Waals surface area contributed by atoms with E-state index in [1.54, 1.807) is 0 Å². The lowest BCUT2D eigenvalue weighted by molar-refractivity contribution is -0.120. The summed E-state index contributed by atoms with van der Waals surface area (Å²) in [4.78, 5) is 13.5. The van der Waals surface area contributed by atoms with Crippen molar-refractivity contribution >= 4 is 11.6 Å². The van der Waals surface area contributed by atoms with E-state index < -0.39 is 0 Å². The third-order valence-corrected chi connectivity index (χ3v) is 2.42. The molecule has 3 N–H and O–H groups in total. The van der Waals surface area contributed by atoms with Gasteiger partial charge in [-0.05, 0) is 31.5 Å². The average molecular weight is 235 g/mol. The molecule has 17 heavy (non-hydrogen) atoms. The highest BCUT2D eigenvalue weighted by Gasteiger charge is 2.08. The Labute approximate surface area is 103 Å². The van der Waals surface area contributed by atoms with Crippen LogP contribution in [0.4, 0.5) is 5.69 Å². The van der Waals surface area contributed by atoms with Crippen LogP contribution >= 0.6 is 0 Å². The topological polar surface area (TPSA) is 58.4 Å². The van der Waals surface area contributed by atoms with E-state index in [1.165, 1.54) is 0 Å². The van der Waals surface area contributed by atoms with E-state index in [4.69, 9.17) is 5.73 Å². The van der Waals surface area contributed by atoms with E-state index in [1.807, 2.05) is 50.1 Å². The summed E-state index contributed by atoms with van der Waals surface area (Å²) in [7, 11) is 1.90. The largest absolute Gasteiger partial charge is 0.365 e. The van der Waals surface area contributed by atoms with Crippen LogP contribution in [0.1, 0.15) is 19.4 Å². The number of carbonyl (C=O) groups is 1. The van der Waals surface area contributed by atoms with Gasteiger partial charge in [0.05, 0.1) is 6.54 Å². The van der Waals surface area contributed by atoms with Crippen molar-refractivity contribution in [3.8, 4) is 0 Å². The second kappa shape index (κ2) is 6.25. The van der Waals surface area contributed by atoms with Gasteiger partial charge in [0.25, 0.3) is 0 Å². The molecule has 4 heteroatoms. The van der Waals surface area contributed by atoms with Crippen molar-refractivity contribution in [2.45, 2.75) is 26.4 Å². The second-order valence-corrected chi connectivity index (χ2v) is 4.45. The van der Waals surface area contributed by atoms with Gasteiger partial charge in [-0.25, -0.2) is 0 Å². The summed E-state index contributed by atoms with van der Waals surface area (Å²) in [5.74, 6) is 0.0284. The van der Waals surface area contributed by atoms with Crippen LogP contribution in [0.3, 0.4) is 0 Å². The van der Waals surface area contributed by atoms with Crippen molar-refractivity contribution in [2.75, 3.05) is 18.5 Å². The SMILES string of the molecule is CC(C)NC(=O)CN(C)c1cccc(CN)c1. The van der Waals surface area contributed by atoms with Crippen molar-refractivity contribution < 1.29 is 4.79 Å². The number of amides is 1. The number of nitrogens with two attached hydrogens (primary N) is 1. The monoisotopic (exact) mass is 235 g/mol. The van der Waals surface area contributed by atoms with Gasteiger partial charge in [-0.2, -0.15) is 0 Å². The molecule has 0 radical (unpaired) electrons. The van der Waals surface area contributed by atoms with Gasteiger partial charge in [0.15, 0.2) is 0 Å². The molecule has 1 aromatic carbocycles. The van der Waals surface area contributed by atoms with E-state index in [2.05, 4.69) is 5.32 Å². The van der Waals surface area contributed by atoms with Crippen LogP contribution in [-0.2, 0) is 11.3 Å². The normalized spacial score (nSPS) is 10.4. The molecule has 0 saturated carbocycles. The maximum atomic E-state index is 11.6. The molecule has 1 aromatic rings. The predicted octanol–water partition coefficient (Wildman–Crippen LogP) is 1.11. The molecule has 0 heterocycles. The number of hydrogen-bond donors (Lipinski definition) is 2. The highest BCUT2D eigenvalue weighted by Crippen LogP contribution is 2.14. The first kappa shape index (κ1) is 13.5. The van der Waals surface area contributed by atoms with Gasteiger partial charge < -0.3 is 16.0 Å². The molecule has 0 spiro atoms. The van der Waals surface area contributed by atoms with Crippen LogP contribution in [-0.4, -0.2) is 25.5 Å². The molecule has 4 nitrogen and oxygen atoms in total. The molecule has 0 unspecified atom stereocenters. The molecule has 0 saturated heterocycles. The summed E-state index contributed by atoms with van der Waals surface area (Å²) in [5, 5.41) is 2.87. The number of nitrogens with one attached hydrogen (secondary N) is 1. The summed E-state index contributed by atoms with van der Waals surface area (Å²) in [6, 6.07) is 8.08. The van der Waals surface area contributed by atoms with Crippen molar-refractivity contribution in [2.24, 2.45) is 5.73 Å².